The van der Waals surface area contributed by atoms with Crippen LogP contribution >= 0.6 is 0 Å². The first kappa shape index (κ1) is 11.7. The summed E-state index contributed by atoms with van der Waals surface area (Å²) in [7, 11) is 1.90. The summed E-state index contributed by atoms with van der Waals surface area (Å²) in [6.07, 6.45) is 2.71. The maximum absolute atomic E-state index is 11.0. The average Bonchev–Trinajstić information content (AvgIpc) is 2.93. The van der Waals surface area contributed by atoms with Gasteiger partial charge in [0, 0.05) is 19.8 Å². The van der Waals surface area contributed by atoms with E-state index in [0.717, 1.165) is 12.5 Å². The molecule has 1 heterocycles. The lowest BCUT2D eigenvalue weighted by Gasteiger charge is -2.20. The number of anilines is 2. The lowest BCUT2D eigenvalue weighted by molar-refractivity contribution is 0.0698. The number of aromatic carboxylic acids is 1. The van der Waals surface area contributed by atoms with E-state index in [2.05, 4.69) is 11.9 Å². The number of carboxylic acid groups (broad SMARTS) is 1. The molecule has 2 atom stereocenters. The van der Waals surface area contributed by atoms with Crippen molar-refractivity contribution in [3.63, 3.8) is 0 Å². The van der Waals surface area contributed by atoms with Crippen molar-refractivity contribution in [1.82, 2.24) is 4.98 Å². The van der Waals surface area contributed by atoms with Gasteiger partial charge in [0.2, 0.25) is 0 Å². The minimum Gasteiger partial charge on any atom is -0.478 e. The molecule has 0 spiro atoms. The third-order valence-electron chi connectivity index (χ3n) is 3.35. The number of carbonyl (C=O) groups is 1. The molecular weight excluding hydrogens is 218 g/mol. The number of nitrogens with two attached hydrogens (primary N) is 1. The van der Waals surface area contributed by atoms with Crippen molar-refractivity contribution in [2.75, 3.05) is 24.2 Å². The third-order valence-corrected chi connectivity index (χ3v) is 3.35. The van der Waals surface area contributed by atoms with E-state index < -0.39 is 5.97 Å². The summed E-state index contributed by atoms with van der Waals surface area (Å²) in [5, 5.41) is 8.98. The van der Waals surface area contributed by atoms with E-state index in [9.17, 15) is 4.79 Å². The largest absolute Gasteiger partial charge is 0.478 e. The zero-order valence-corrected chi connectivity index (χ0v) is 10.1. The molecule has 1 aromatic heterocycles. The van der Waals surface area contributed by atoms with Crippen LogP contribution in [0.5, 0.6) is 0 Å². The number of pyridine rings is 1. The second-order valence-corrected chi connectivity index (χ2v) is 4.75. The van der Waals surface area contributed by atoms with E-state index >= 15 is 0 Å². The van der Waals surface area contributed by atoms with Gasteiger partial charge >= 0.3 is 5.97 Å². The molecular formula is C12H17N3O2. The summed E-state index contributed by atoms with van der Waals surface area (Å²) in [4.78, 5) is 17.1. The van der Waals surface area contributed by atoms with Crippen LogP contribution in [0, 0.1) is 11.8 Å². The van der Waals surface area contributed by atoms with Crippen molar-refractivity contribution in [3.05, 3.63) is 17.8 Å². The van der Waals surface area contributed by atoms with Crippen LogP contribution in [0.2, 0.25) is 0 Å². The number of aromatic nitrogens is 1. The predicted molar refractivity (Wildman–Crippen MR) is 66.1 cm³/mol. The Labute approximate surface area is 100 Å². The third kappa shape index (κ3) is 2.33. The second-order valence-electron chi connectivity index (χ2n) is 4.75. The molecule has 0 aromatic carbocycles. The number of rotatable bonds is 4. The lowest BCUT2D eigenvalue weighted by Crippen LogP contribution is -2.23. The highest BCUT2D eigenvalue weighted by Crippen LogP contribution is 2.39. The molecule has 5 heteroatoms. The average molecular weight is 235 g/mol. The van der Waals surface area contributed by atoms with Crippen LogP contribution in [0.4, 0.5) is 11.5 Å². The van der Waals surface area contributed by atoms with Gasteiger partial charge in [-0.25, -0.2) is 9.78 Å². The molecule has 92 valence electrons. The Hall–Kier alpha value is -1.78. The monoisotopic (exact) mass is 235 g/mol. The Bertz CT molecular complexity index is 447. The summed E-state index contributed by atoms with van der Waals surface area (Å²) in [5.41, 5.74) is 6.19. The molecule has 0 aliphatic heterocycles. The summed E-state index contributed by atoms with van der Waals surface area (Å²) in [6.45, 7) is 3.09. The molecule has 1 aliphatic carbocycles. The quantitative estimate of drug-likeness (QED) is 0.825. The zero-order chi connectivity index (χ0) is 12.6. The summed E-state index contributed by atoms with van der Waals surface area (Å²) < 4.78 is 0. The fraction of sp³-hybridized carbons (Fsp3) is 0.500. The van der Waals surface area contributed by atoms with E-state index in [1.807, 2.05) is 11.9 Å². The molecule has 2 rings (SSSR count). The number of nitrogen functional groups attached to an aromatic ring is 1. The van der Waals surface area contributed by atoms with Crippen molar-refractivity contribution in [3.8, 4) is 0 Å². The molecule has 1 aliphatic rings. The van der Waals surface area contributed by atoms with E-state index in [4.69, 9.17) is 10.8 Å². The van der Waals surface area contributed by atoms with E-state index in [0.29, 0.717) is 11.7 Å². The van der Waals surface area contributed by atoms with Crippen LogP contribution in [0.15, 0.2) is 12.3 Å². The molecule has 0 saturated heterocycles. The predicted octanol–water partition coefficient (Wildman–Crippen LogP) is 1.45. The minimum atomic E-state index is -1.01. The van der Waals surface area contributed by atoms with Crippen molar-refractivity contribution in [1.29, 1.82) is 0 Å². The van der Waals surface area contributed by atoms with Gasteiger partial charge < -0.3 is 15.7 Å². The smallest absolute Gasteiger partial charge is 0.337 e. The molecule has 1 fully saturated rings. The van der Waals surface area contributed by atoms with Gasteiger partial charge in [-0.2, -0.15) is 0 Å². The van der Waals surface area contributed by atoms with Crippen LogP contribution in [-0.2, 0) is 0 Å². The van der Waals surface area contributed by atoms with Crippen molar-refractivity contribution >= 4 is 17.5 Å². The molecule has 1 saturated carbocycles. The molecule has 0 radical (unpaired) electrons. The first-order chi connectivity index (χ1) is 8.00. The van der Waals surface area contributed by atoms with Crippen molar-refractivity contribution in [2.24, 2.45) is 11.8 Å². The maximum Gasteiger partial charge on any atom is 0.337 e. The molecule has 3 N–H and O–H groups in total. The molecule has 0 amide bonds. The number of carboxylic acids is 1. The Morgan fingerprint density at radius 2 is 2.35 bits per heavy atom. The lowest BCUT2D eigenvalue weighted by atomic mass is 10.2. The van der Waals surface area contributed by atoms with Gasteiger partial charge in [-0.05, 0) is 24.3 Å². The van der Waals surface area contributed by atoms with Crippen LogP contribution in [0.3, 0.4) is 0 Å². The highest BCUT2D eigenvalue weighted by atomic mass is 16.4. The zero-order valence-electron chi connectivity index (χ0n) is 10.1. The summed E-state index contributed by atoms with van der Waals surface area (Å²) in [6, 6.07) is 1.43. The van der Waals surface area contributed by atoms with E-state index in [1.165, 1.54) is 18.7 Å². The van der Waals surface area contributed by atoms with E-state index in [-0.39, 0.29) is 11.3 Å². The second kappa shape index (κ2) is 4.24. The maximum atomic E-state index is 11.0. The first-order valence-corrected chi connectivity index (χ1v) is 5.69. The van der Waals surface area contributed by atoms with Gasteiger partial charge in [-0.1, -0.05) is 6.92 Å². The fourth-order valence-electron chi connectivity index (χ4n) is 2.04. The van der Waals surface area contributed by atoms with Crippen molar-refractivity contribution in [2.45, 2.75) is 13.3 Å². The standard InChI is InChI=1S/C12H17N3O2/c1-7-5-8(7)6-15(2)11-10(13)9(12(16)17)3-4-14-11/h3-4,7-8H,5-6,13H2,1-2H3,(H,16,17). The normalized spacial score (nSPS) is 22.2. The number of nitrogens with zero attached hydrogens (tertiary/aromatic N) is 2. The number of hydrogen-bond acceptors (Lipinski definition) is 4. The molecule has 1 aromatic rings. The Kier molecular flexibility index (Phi) is 2.92. The fourth-order valence-corrected chi connectivity index (χ4v) is 2.04. The number of hydrogen-bond donors (Lipinski definition) is 2. The molecule has 5 nitrogen and oxygen atoms in total. The van der Waals surface area contributed by atoms with Gasteiger partial charge in [-0.3, -0.25) is 0 Å². The SMILES string of the molecule is CC1CC1CN(C)c1nccc(C(=O)O)c1N. The van der Waals surface area contributed by atoms with Gasteiger partial charge in [0.15, 0.2) is 5.82 Å². The first-order valence-electron chi connectivity index (χ1n) is 5.69. The Balaban J connectivity index is 2.19. The van der Waals surface area contributed by atoms with Gasteiger partial charge in [0.25, 0.3) is 0 Å². The molecule has 17 heavy (non-hydrogen) atoms. The highest BCUT2D eigenvalue weighted by molar-refractivity contribution is 5.96. The van der Waals surface area contributed by atoms with Crippen molar-refractivity contribution < 1.29 is 9.90 Å². The summed E-state index contributed by atoms with van der Waals surface area (Å²) in [5.74, 6) is 0.972. The van der Waals surface area contributed by atoms with Gasteiger partial charge in [0.05, 0.1) is 11.3 Å². The Morgan fingerprint density at radius 3 is 2.88 bits per heavy atom. The van der Waals surface area contributed by atoms with Crippen LogP contribution < -0.4 is 10.6 Å². The van der Waals surface area contributed by atoms with Gasteiger partial charge in [0.1, 0.15) is 0 Å². The summed E-state index contributed by atoms with van der Waals surface area (Å²) >= 11 is 0. The minimum absolute atomic E-state index is 0.116. The van der Waals surface area contributed by atoms with Gasteiger partial charge in [-0.15, -0.1) is 0 Å². The highest BCUT2D eigenvalue weighted by Gasteiger charge is 2.33. The van der Waals surface area contributed by atoms with Crippen LogP contribution in [-0.4, -0.2) is 29.7 Å². The van der Waals surface area contributed by atoms with Crippen LogP contribution in [0.1, 0.15) is 23.7 Å². The topological polar surface area (TPSA) is 79.5 Å². The Morgan fingerprint density at radius 1 is 1.71 bits per heavy atom. The van der Waals surface area contributed by atoms with E-state index in [1.54, 1.807) is 0 Å². The van der Waals surface area contributed by atoms with Crippen LogP contribution in [0.25, 0.3) is 0 Å². The molecule has 2 unspecified atom stereocenters. The molecule has 0 bridgehead atoms.